The summed E-state index contributed by atoms with van der Waals surface area (Å²) in [5, 5.41) is 0. The molecule has 1 aliphatic carbocycles. The first-order valence-corrected chi connectivity index (χ1v) is 10.9. The summed E-state index contributed by atoms with van der Waals surface area (Å²) in [5.41, 5.74) is 2.91. The fraction of sp³-hybridized carbons (Fsp3) is 0.739. The molecule has 1 aromatic carbocycles. The zero-order valence-electron chi connectivity index (χ0n) is 16.5. The number of nitrogens with zero attached hydrogens (tertiary/aromatic N) is 2. The summed E-state index contributed by atoms with van der Waals surface area (Å²) >= 11 is 0. The normalized spacial score (nSPS) is 29.0. The number of rotatable bonds is 9. The molecular formula is C23H36N2O. The molecule has 0 N–H and O–H groups in total. The summed E-state index contributed by atoms with van der Waals surface area (Å²) in [5.74, 6) is 2.67. The summed E-state index contributed by atoms with van der Waals surface area (Å²) in [6, 6.07) is 9.19. The average Bonchev–Trinajstić information content (AvgIpc) is 3.14. The SMILES string of the molecule is CCc1ccc(CN2C[C@@H]3[C@H](COCCCN4CCCCC4)[C@@H]3C2)cc1. The smallest absolute Gasteiger partial charge is 0.0500 e. The van der Waals surface area contributed by atoms with Gasteiger partial charge in [-0.3, -0.25) is 4.90 Å². The first kappa shape index (κ1) is 18.5. The minimum atomic E-state index is 0.851. The lowest BCUT2D eigenvalue weighted by molar-refractivity contribution is 0.0967. The Morgan fingerprint density at radius 3 is 2.31 bits per heavy atom. The summed E-state index contributed by atoms with van der Waals surface area (Å²) in [6.07, 6.45) is 6.56. The maximum Gasteiger partial charge on any atom is 0.0500 e. The number of piperidine rings is 2. The fourth-order valence-electron chi connectivity index (χ4n) is 5.04. The van der Waals surface area contributed by atoms with Gasteiger partial charge < -0.3 is 9.64 Å². The molecule has 2 heterocycles. The lowest BCUT2D eigenvalue weighted by Gasteiger charge is -2.26. The number of fused-ring (bicyclic) bond motifs is 1. The molecule has 3 heteroatoms. The van der Waals surface area contributed by atoms with E-state index < -0.39 is 0 Å². The van der Waals surface area contributed by atoms with Crippen molar-refractivity contribution in [1.29, 1.82) is 0 Å². The Bertz CT molecular complexity index is 540. The van der Waals surface area contributed by atoms with E-state index in [1.54, 1.807) is 0 Å². The van der Waals surface area contributed by atoms with Crippen LogP contribution in [0.2, 0.25) is 0 Å². The highest BCUT2D eigenvalue weighted by atomic mass is 16.5. The van der Waals surface area contributed by atoms with E-state index in [-0.39, 0.29) is 0 Å². The van der Waals surface area contributed by atoms with Gasteiger partial charge >= 0.3 is 0 Å². The molecular weight excluding hydrogens is 320 g/mol. The molecule has 0 bridgehead atoms. The van der Waals surface area contributed by atoms with Crippen molar-refractivity contribution < 1.29 is 4.74 Å². The van der Waals surface area contributed by atoms with Gasteiger partial charge in [0.15, 0.2) is 0 Å². The second-order valence-electron chi connectivity index (χ2n) is 8.69. The van der Waals surface area contributed by atoms with Gasteiger partial charge in [-0.15, -0.1) is 0 Å². The zero-order chi connectivity index (χ0) is 17.8. The molecule has 0 spiro atoms. The summed E-state index contributed by atoms with van der Waals surface area (Å²) in [4.78, 5) is 5.26. The second kappa shape index (κ2) is 8.86. The molecule has 2 aliphatic heterocycles. The van der Waals surface area contributed by atoms with Gasteiger partial charge in [-0.2, -0.15) is 0 Å². The Labute approximate surface area is 159 Å². The third-order valence-corrected chi connectivity index (χ3v) is 6.81. The van der Waals surface area contributed by atoms with Crippen molar-refractivity contribution >= 4 is 0 Å². The molecule has 0 unspecified atom stereocenters. The van der Waals surface area contributed by atoms with Gasteiger partial charge in [-0.1, -0.05) is 37.6 Å². The first-order valence-electron chi connectivity index (χ1n) is 10.9. The topological polar surface area (TPSA) is 15.7 Å². The minimum Gasteiger partial charge on any atom is -0.381 e. The molecule has 1 saturated carbocycles. The van der Waals surface area contributed by atoms with Crippen LogP contribution in [0.25, 0.3) is 0 Å². The molecule has 144 valence electrons. The van der Waals surface area contributed by atoms with Crippen molar-refractivity contribution in [2.45, 2.75) is 45.6 Å². The van der Waals surface area contributed by atoms with Crippen LogP contribution in [0, 0.1) is 17.8 Å². The maximum absolute atomic E-state index is 6.02. The fourth-order valence-corrected chi connectivity index (χ4v) is 5.04. The number of hydrogen-bond acceptors (Lipinski definition) is 3. The van der Waals surface area contributed by atoms with Gasteiger partial charge in [0, 0.05) is 32.8 Å². The third kappa shape index (κ3) is 4.68. The zero-order valence-corrected chi connectivity index (χ0v) is 16.5. The molecule has 26 heavy (non-hydrogen) atoms. The molecule has 0 aromatic heterocycles. The first-order chi connectivity index (χ1) is 12.8. The maximum atomic E-state index is 6.02. The molecule has 3 fully saturated rings. The van der Waals surface area contributed by atoms with Crippen LogP contribution in [0.5, 0.6) is 0 Å². The summed E-state index contributed by atoms with van der Waals surface area (Å²) in [7, 11) is 0. The van der Waals surface area contributed by atoms with Crippen LogP contribution >= 0.6 is 0 Å². The molecule has 0 radical (unpaired) electrons. The number of aryl methyl sites for hydroxylation is 1. The van der Waals surface area contributed by atoms with E-state index in [0.717, 1.165) is 43.9 Å². The molecule has 3 atom stereocenters. The van der Waals surface area contributed by atoms with Crippen molar-refractivity contribution in [1.82, 2.24) is 9.80 Å². The number of likely N-dealkylation sites (tertiary alicyclic amines) is 2. The van der Waals surface area contributed by atoms with E-state index in [1.807, 2.05) is 0 Å². The van der Waals surface area contributed by atoms with Crippen molar-refractivity contribution in [3.8, 4) is 0 Å². The Hall–Kier alpha value is -0.900. The van der Waals surface area contributed by atoms with Crippen molar-refractivity contribution in [2.75, 3.05) is 45.9 Å². The highest BCUT2D eigenvalue weighted by Gasteiger charge is 2.55. The lowest BCUT2D eigenvalue weighted by Crippen LogP contribution is -2.31. The Balaban J connectivity index is 1.07. The summed E-state index contributed by atoms with van der Waals surface area (Å²) in [6.45, 7) is 11.7. The van der Waals surface area contributed by atoms with Crippen LogP contribution in [0.15, 0.2) is 24.3 Å². The van der Waals surface area contributed by atoms with E-state index in [4.69, 9.17) is 4.74 Å². The van der Waals surface area contributed by atoms with E-state index >= 15 is 0 Å². The van der Waals surface area contributed by atoms with Crippen LogP contribution in [0.1, 0.15) is 43.7 Å². The molecule has 4 rings (SSSR count). The average molecular weight is 357 g/mol. The lowest BCUT2D eigenvalue weighted by atomic mass is 10.1. The van der Waals surface area contributed by atoms with Gasteiger partial charge in [0.2, 0.25) is 0 Å². The second-order valence-corrected chi connectivity index (χ2v) is 8.69. The molecule has 0 amide bonds. The molecule has 2 saturated heterocycles. The predicted molar refractivity (Wildman–Crippen MR) is 107 cm³/mol. The van der Waals surface area contributed by atoms with Crippen molar-refractivity contribution in [2.24, 2.45) is 17.8 Å². The number of hydrogen-bond donors (Lipinski definition) is 0. The Kier molecular flexibility index (Phi) is 6.29. The van der Waals surface area contributed by atoms with Crippen molar-refractivity contribution in [3.05, 3.63) is 35.4 Å². The molecule has 3 aliphatic rings. The van der Waals surface area contributed by atoms with Crippen LogP contribution in [-0.4, -0.2) is 55.7 Å². The highest BCUT2D eigenvalue weighted by Crippen LogP contribution is 2.51. The number of ether oxygens (including phenoxy) is 1. The quantitative estimate of drug-likeness (QED) is 0.626. The monoisotopic (exact) mass is 356 g/mol. The standard InChI is InChI=1S/C23H36N2O/c1-2-19-7-9-20(10-8-19)15-25-16-21-22(17-25)23(21)18-26-14-6-13-24-11-4-3-5-12-24/h7-10,21-23H,2-6,11-18H2,1H3/t21-,22+,23-. The van der Waals surface area contributed by atoms with Crippen LogP contribution < -0.4 is 0 Å². The highest BCUT2D eigenvalue weighted by molar-refractivity contribution is 5.22. The number of benzene rings is 1. The van der Waals surface area contributed by atoms with Crippen LogP contribution in [0.4, 0.5) is 0 Å². The van der Waals surface area contributed by atoms with Crippen LogP contribution in [0.3, 0.4) is 0 Å². The predicted octanol–water partition coefficient (Wildman–Crippen LogP) is 3.82. The molecule has 1 aromatic rings. The largest absolute Gasteiger partial charge is 0.381 e. The van der Waals surface area contributed by atoms with E-state index in [2.05, 4.69) is 41.0 Å². The summed E-state index contributed by atoms with van der Waals surface area (Å²) < 4.78 is 6.02. The molecule has 3 nitrogen and oxygen atoms in total. The van der Waals surface area contributed by atoms with Crippen LogP contribution in [-0.2, 0) is 17.7 Å². The van der Waals surface area contributed by atoms with E-state index in [9.17, 15) is 0 Å². The van der Waals surface area contributed by atoms with Gasteiger partial charge in [-0.25, -0.2) is 0 Å². The van der Waals surface area contributed by atoms with Crippen molar-refractivity contribution in [3.63, 3.8) is 0 Å². The minimum absolute atomic E-state index is 0.851. The Morgan fingerprint density at radius 1 is 0.923 bits per heavy atom. The third-order valence-electron chi connectivity index (χ3n) is 6.81. The van der Waals surface area contributed by atoms with Gasteiger partial charge in [0.25, 0.3) is 0 Å². The van der Waals surface area contributed by atoms with E-state index in [1.165, 1.54) is 69.5 Å². The van der Waals surface area contributed by atoms with Gasteiger partial charge in [-0.05, 0) is 67.7 Å². The Morgan fingerprint density at radius 2 is 1.62 bits per heavy atom. The van der Waals surface area contributed by atoms with E-state index in [0.29, 0.717) is 0 Å². The van der Waals surface area contributed by atoms with Gasteiger partial charge in [0.1, 0.15) is 0 Å². The van der Waals surface area contributed by atoms with Gasteiger partial charge in [0.05, 0.1) is 6.61 Å².